The van der Waals surface area contributed by atoms with Gasteiger partial charge < -0.3 is 15.0 Å². The first-order chi connectivity index (χ1) is 7.36. The topological polar surface area (TPSA) is 57.5 Å². The summed E-state index contributed by atoms with van der Waals surface area (Å²) < 4.78 is 37.2. The largest absolute Gasteiger partial charge is 0.508 e. The lowest BCUT2D eigenvalue weighted by molar-refractivity contribution is -0.138. The number of rotatable bonds is 3. The third-order valence-electron chi connectivity index (χ3n) is 2.01. The number of phenols is 2. The Morgan fingerprint density at radius 2 is 1.88 bits per heavy atom. The SMILES string of the molecule is O=CCCc1cc(O)cc(C(F)(F)F)c1O. The molecular weight excluding hydrogens is 225 g/mol. The number of hydrogen-bond acceptors (Lipinski definition) is 3. The van der Waals surface area contributed by atoms with Crippen LogP contribution >= 0.6 is 0 Å². The highest BCUT2D eigenvalue weighted by Crippen LogP contribution is 2.40. The molecule has 0 saturated heterocycles. The summed E-state index contributed by atoms with van der Waals surface area (Å²) in [5.74, 6) is -1.53. The highest BCUT2D eigenvalue weighted by Gasteiger charge is 2.35. The van der Waals surface area contributed by atoms with Crippen molar-refractivity contribution in [3.8, 4) is 11.5 Å². The van der Waals surface area contributed by atoms with Gasteiger partial charge >= 0.3 is 6.18 Å². The van der Waals surface area contributed by atoms with E-state index in [4.69, 9.17) is 5.11 Å². The molecule has 88 valence electrons. The minimum atomic E-state index is -4.74. The summed E-state index contributed by atoms with van der Waals surface area (Å²) in [6.07, 6.45) is -4.28. The number of benzene rings is 1. The first-order valence-corrected chi connectivity index (χ1v) is 4.42. The number of carbonyl (C=O) groups excluding carboxylic acids is 1. The standard InChI is InChI=1S/C10H9F3O3/c11-10(12,13)8-5-7(15)4-6(9(8)16)2-1-3-14/h3-5,15-16H,1-2H2. The predicted molar refractivity (Wildman–Crippen MR) is 49.2 cm³/mol. The fourth-order valence-corrected chi connectivity index (χ4v) is 1.30. The van der Waals surface area contributed by atoms with Crippen LogP contribution < -0.4 is 0 Å². The van der Waals surface area contributed by atoms with Crippen LogP contribution in [-0.2, 0) is 17.4 Å². The van der Waals surface area contributed by atoms with Gasteiger partial charge in [0.05, 0.1) is 0 Å². The summed E-state index contributed by atoms with van der Waals surface area (Å²) in [6.45, 7) is 0. The molecule has 0 saturated carbocycles. The number of carbonyl (C=O) groups is 1. The lowest BCUT2D eigenvalue weighted by Crippen LogP contribution is -2.06. The van der Waals surface area contributed by atoms with Crippen molar-refractivity contribution in [1.29, 1.82) is 0 Å². The predicted octanol–water partition coefficient (Wildman–Crippen LogP) is 2.25. The van der Waals surface area contributed by atoms with Crippen molar-refractivity contribution in [1.82, 2.24) is 0 Å². The van der Waals surface area contributed by atoms with Crippen LogP contribution in [0.2, 0.25) is 0 Å². The Morgan fingerprint density at radius 1 is 1.25 bits per heavy atom. The molecule has 6 heteroatoms. The molecule has 0 amide bonds. The molecule has 0 spiro atoms. The van der Waals surface area contributed by atoms with E-state index in [0.717, 1.165) is 6.07 Å². The van der Waals surface area contributed by atoms with Crippen molar-refractivity contribution >= 4 is 6.29 Å². The maximum Gasteiger partial charge on any atom is 0.420 e. The summed E-state index contributed by atoms with van der Waals surface area (Å²) in [5, 5.41) is 18.4. The Bertz CT molecular complexity index is 399. The zero-order valence-corrected chi connectivity index (χ0v) is 8.08. The van der Waals surface area contributed by atoms with Crippen LogP contribution in [0.4, 0.5) is 13.2 Å². The van der Waals surface area contributed by atoms with Gasteiger partial charge in [-0.2, -0.15) is 13.2 Å². The summed E-state index contributed by atoms with van der Waals surface area (Å²) in [6, 6.07) is 1.45. The van der Waals surface area contributed by atoms with E-state index in [-0.39, 0.29) is 18.4 Å². The molecular formula is C10H9F3O3. The van der Waals surface area contributed by atoms with Crippen molar-refractivity contribution in [3.05, 3.63) is 23.3 Å². The Kier molecular flexibility index (Phi) is 3.41. The van der Waals surface area contributed by atoms with Gasteiger partial charge in [-0.3, -0.25) is 0 Å². The number of hydrogen-bond donors (Lipinski definition) is 2. The Balaban J connectivity index is 3.21. The minimum Gasteiger partial charge on any atom is -0.508 e. The van der Waals surface area contributed by atoms with Gasteiger partial charge in [0.2, 0.25) is 0 Å². The molecule has 0 aromatic heterocycles. The van der Waals surface area contributed by atoms with Crippen molar-refractivity contribution < 1.29 is 28.2 Å². The lowest BCUT2D eigenvalue weighted by atomic mass is 10.0. The second-order valence-corrected chi connectivity index (χ2v) is 3.20. The number of halogens is 3. The molecule has 0 heterocycles. The van der Waals surface area contributed by atoms with E-state index in [0.29, 0.717) is 12.4 Å². The smallest absolute Gasteiger partial charge is 0.420 e. The number of aryl methyl sites for hydroxylation is 1. The quantitative estimate of drug-likeness (QED) is 0.623. The number of alkyl halides is 3. The van der Waals surface area contributed by atoms with Crippen LogP contribution in [0, 0.1) is 0 Å². The first kappa shape index (κ1) is 12.4. The highest BCUT2D eigenvalue weighted by molar-refractivity contribution is 5.53. The van der Waals surface area contributed by atoms with Gasteiger partial charge in [-0.15, -0.1) is 0 Å². The molecule has 1 rings (SSSR count). The van der Waals surface area contributed by atoms with E-state index in [9.17, 15) is 23.1 Å². The van der Waals surface area contributed by atoms with E-state index < -0.39 is 23.2 Å². The molecule has 0 aliphatic rings. The molecule has 0 unspecified atom stereocenters. The lowest BCUT2D eigenvalue weighted by Gasteiger charge is -2.12. The average molecular weight is 234 g/mol. The molecule has 0 aliphatic carbocycles. The normalized spacial score (nSPS) is 11.4. The van der Waals surface area contributed by atoms with Gasteiger partial charge in [-0.1, -0.05) is 0 Å². The van der Waals surface area contributed by atoms with Gasteiger partial charge in [-0.25, -0.2) is 0 Å². The van der Waals surface area contributed by atoms with E-state index in [2.05, 4.69) is 0 Å². The molecule has 16 heavy (non-hydrogen) atoms. The summed E-state index contributed by atoms with van der Waals surface area (Å²) >= 11 is 0. The van der Waals surface area contributed by atoms with Crippen molar-refractivity contribution in [2.24, 2.45) is 0 Å². The number of aromatic hydroxyl groups is 2. The van der Waals surface area contributed by atoms with Gasteiger partial charge in [0, 0.05) is 6.42 Å². The van der Waals surface area contributed by atoms with Crippen molar-refractivity contribution in [3.63, 3.8) is 0 Å². The van der Waals surface area contributed by atoms with Crippen molar-refractivity contribution in [2.75, 3.05) is 0 Å². The molecule has 0 aliphatic heterocycles. The van der Waals surface area contributed by atoms with Gasteiger partial charge in [-0.05, 0) is 24.1 Å². The molecule has 0 fully saturated rings. The third-order valence-corrected chi connectivity index (χ3v) is 2.01. The van der Waals surface area contributed by atoms with Gasteiger partial charge in [0.1, 0.15) is 23.3 Å². The molecule has 0 bridgehead atoms. The van der Waals surface area contributed by atoms with Crippen LogP contribution in [-0.4, -0.2) is 16.5 Å². The number of phenolic OH excluding ortho intramolecular Hbond substituents is 2. The monoisotopic (exact) mass is 234 g/mol. The van der Waals surface area contributed by atoms with Crippen LogP contribution in [0.1, 0.15) is 17.5 Å². The first-order valence-electron chi connectivity index (χ1n) is 4.42. The van der Waals surface area contributed by atoms with Gasteiger partial charge in [0.25, 0.3) is 0 Å². The second kappa shape index (κ2) is 4.42. The number of aldehydes is 1. The fourth-order valence-electron chi connectivity index (χ4n) is 1.30. The van der Waals surface area contributed by atoms with Crippen LogP contribution in [0.3, 0.4) is 0 Å². The summed E-state index contributed by atoms with van der Waals surface area (Å²) in [4.78, 5) is 10.1. The molecule has 0 radical (unpaired) electrons. The zero-order chi connectivity index (χ0) is 12.3. The van der Waals surface area contributed by atoms with Gasteiger partial charge in [0.15, 0.2) is 0 Å². The van der Waals surface area contributed by atoms with E-state index >= 15 is 0 Å². The maximum absolute atomic E-state index is 12.4. The third kappa shape index (κ3) is 2.65. The summed E-state index contributed by atoms with van der Waals surface area (Å²) in [5.41, 5.74) is -1.40. The Hall–Kier alpha value is -1.72. The Labute approximate surface area is 89.1 Å². The van der Waals surface area contributed by atoms with Crippen LogP contribution in [0.25, 0.3) is 0 Å². The molecule has 3 nitrogen and oxygen atoms in total. The van der Waals surface area contributed by atoms with E-state index in [1.54, 1.807) is 0 Å². The summed E-state index contributed by atoms with van der Waals surface area (Å²) in [7, 11) is 0. The minimum absolute atomic E-state index is 0.0195. The van der Waals surface area contributed by atoms with Crippen LogP contribution in [0.15, 0.2) is 12.1 Å². The molecule has 0 atom stereocenters. The fraction of sp³-hybridized carbons (Fsp3) is 0.300. The highest BCUT2D eigenvalue weighted by atomic mass is 19.4. The molecule has 1 aromatic carbocycles. The van der Waals surface area contributed by atoms with Crippen LogP contribution in [0.5, 0.6) is 11.5 Å². The van der Waals surface area contributed by atoms with Crippen molar-refractivity contribution in [2.45, 2.75) is 19.0 Å². The maximum atomic E-state index is 12.4. The molecule has 2 N–H and O–H groups in total. The average Bonchev–Trinajstić information content (AvgIpc) is 2.17. The van der Waals surface area contributed by atoms with E-state index in [1.165, 1.54) is 0 Å². The van der Waals surface area contributed by atoms with E-state index in [1.807, 2.05) is 0 Å². The Morgan fingerprint density at radius 3 is 2.38 bits per heavy atom. The zero-order valence-electron chi connectivity index (χ0n) is 8.08. The second-order valence-electron chi connectivity index (χ2n) is 3.20. The molecule has 1 aromatic rings.